The van der Waals surface area contributed by atoms with E-state index in [4.69, 9.17) is 10.2 Å². The van der Waals surface area contributed by atoms with Crippen molar-refractivity contribution in [1.82, 2.24) is 15.5 Å². The van der Waals surface area contributed by atoms with Crippen molar-refractivity contribution < 1.29 is 24.6 Å². The molecule has 0 spiro atoms. The van der Waals surface area contributed by atoms with E-state index >= 15 is 0 Å². The summed E-state index contributed by atoms with van der Waals surface area (Å²) in [4.78, 5) is 34.3. The fraction of sp³-hybridized carbons (Fsp3) is 0.700. The number of nitrogens with one attached hydrogen (secondary N) is 2. The third-order valence-corrected chi connectivity index (χ3v) is 2.05. The van der Waals surface area contributed by atoms with Crippen molar-refractivity contribution in [3.05, 3.63) is 0 Å². The second-order valence-corrected chi connectivity index (χ2v) is 4.05. The van der Waals surface area contributed by atoms with Gasteiger partial charge in [-0.3, -0.25) is 4.79 Å². The molecule has 0 radical (unpaired) electrons. The van der Waals surface area contributed by atoms with Crippen molar-refractivity contribution in [2.45, 2.75) is 18.9 Å². The number of carboxylic acids is 2. The van der Waals surface area contributed by atoms with Crippen LogP contribution in [0.5, 0.6) is 0 Å². The molecule has 0 aliphatic rings. The maximum absolute atomic E-state index is 11.3. The predicted molar refractivity (Wildman–Crippen MR) is 63.4 cm³/mol. The zero-order valence-electron chi connectivity index (χ0n) is 10.5. The highest BCUT2D eigenvalue weighted by Gasteiger charge is 2.22. The minimum absolute atomic E-state index is 0.392. The quantitative estimate of drug-likeness (QED) is 0.423. The lowest BCUT2D eigenvalue weighted by molar-refractivity contribution is -0.145. The molecule has 0 aromatic rings. The molecule has 2 amide bonds. The molecule has 0 aliphatic carbocycles. The Balaban J connectivity index is 3.95. The number of hydrogen-bond acceptors (Lipinski definition) is 4. The predicted octanol–water partition coefficient (Wildman–Crippen LogP) is -0.835. The zero-order valence-corrected chi connectivity index (χ0v) is 10.5. The van der Waals surface area contributed by atoms with Gasteiger partial charge in [-0.1, -0.05) is 0 Å². The molecule has 8 nitrogen and oxygen atoms in total. The number of urea groups is 1. The first-order chi connectivity index (χ1) is 8.32. The molecule has 8 heteroatoms. The molecule has 0 aromatic carbocycles. The first-order valence-electron chi connectivity index (χ1n) is 5.46. The van der Waals surface area contributed by atoms with Crippen LogP contribution >= 0.6 is 0 Å². The van der Waals surface area contributed by atoms with Crippen LogP contribution in [-0.2, 0) is 9.59 Å². The fourth-order valence-electron chi connectivity index (χ4n) is 1.18. The molecule has 0 aromatic heterocycles. The molecule has 4 N–H and O–H groups in total. The summed E-state index contributed by atoms with van der Waals surface area (Å²) in [5.74, 6) is -2.66. The molecule has 1 atom stereocenters. The van der Waals surface area contributed by atoms with Crippen LogP contribution in [0.1, 0.15) is 12.8 Å². The van der Waals surface area contributed by atoms with E-state index in [9.17, 15) is 14.4 Å². The van der Waals surface area contributed by atoms with Gasteiger partial charge in [-0.25, -0.2) is 9.59 Å². The van der Waals surface area contributed by atoms with Gasteiger partial charge in [0, 0.05) is 6.54 Å². The second kappa shape index (κ2) is 8.29. The Kier molecular flexibility index (Phi) is 7.45. The van der Waals surface area contributed by atoms with Gasteiger partial charge in [0.2, 0.25) is 0 Å². The second-order valence-electron chi connectivity index (χ2n) is 4.05. The molecule has 0 unspecified atom stereocenters. The topological polar surface area (TPSA) is 119 Å². The molecule has 0 fully saturated rings. The van der Waals surface area contributed by atoms with Crippen LogP contribution in [0.15, 0.2) is 0 Å². The average molecular weight is 261 g/mol. The summed E-state index contributed by atoms with van der Waals surface area (Å²) >= 11 is 0. The summed E-state index contributed by atoms with van der Waals surface area (Å²) in [6, 6.07) is -2.10. The van der Waals surface area contributed by atoms with Gasteiger partial charge in [0.25, 0.3) is 0 Å². The number of carbonyl (C=O) groups is 3. The van der Waals surface area contributed by atoms with E-state index in [2.05, 4.69) is 10.6 Å². The molecule has 0 saturated heterocycles. The fourth-order valence-corrected chi connectivity index (χ4v) is 1.18. The highest BCUT2D eigenvalue weighted by molar-refractivity contribution is 5.86. The van der Waals surface area contributed by atoms with Crippen molar-refractivity contribution in [3.8, 4) is 0 Å². The monoisotopic (exact) mass is 261 g/mol. The minimum Gasteiger partial charge on any atom is -0.481 e. The standard InChI is InChI=1S/C10H19N3O5/c1-13(2)5-3-4-11-10(18)12-7(9(16)17)6-8(14)15/h7H,3-6H2,1-2H3,(H,14,15)(H,16,17)(H2,11,12,18)/t7-/m0/s1. The van der Waals surface area contributed by atoms with Gasteiger partial charge in [-0.05, 0) is 27.1 Å². The van der Waals surface area contributed by atoms with Crippen molar-refractivity contribution in [2.75, 3.05) is 27.2 Å². The highest BCUT2D eigenvalue weighted by Crippen LogP contribution is 1.92. The maximum atomic E-state index is 11.3. The van der Waals surface area contributed by atoms with Gasteiger partial charge < -0.3 is 25.7 Å². The van der Waals surface area contributed by atoms with Crippen LogP contribution in [-0.4, -0.2) is 66.3 Å². The van der Waals surface area contributed by atoms with Crippen molar-refractivity contribution in [1.29, 1.82) is 0 Å². The van der Waals surface area contributed by atoms with E-state index in [1.165, 1.54) is 0 Å². The molecule has 0 bridgehead atoms. The number of nitrogens with zero attached hydrogens (tertiary/aromatic N) is 1. The Morgan fingerprint density at radius 1 is 1.22 bits per heavy atom. The highest BCUT2D eigenvalue weighted by atomic mass is 16.4. The average Bonchev–Trinajstić information content (AvgIpc) is 2.22. The summed E-state index contributed by atoms with van der Waals surface area (Å²) in [6.45, 7) is 1.18. The van der Waals surface area contributed by atoms with Gasteiger partial charge in [-0.15, -0.1) is 0 Å². The van der Waals surface area contributed by atoms with E-state index in [0.717, 1.165) is 13.0 Å². The van der Waals surface area contributed by atoms with Crippen LogP contribution in [0.25, 0.3) is 0 Å². The van der Waals surface area contributed by atoms with E-state index in [1.807, 2.05) is 19.0 Å². The number of carbonyl (C=O) groups excluding carboxylic acids is 1. The van der Waals surface area contributed by atoms with E-state index < -0.39 is 30.4 Å². The van der Waals surface area contributed by atoms with E-state index in [0.29, 0.717) is 6.54 Å². The number of rotatable bonds is 8. The number of amides is 2. The van der Waals surface area contributed by atoms with Gasteiger partial charge in [-0.2, -0.15) is 0 Å². The van der Waals surface area contributed by atoms with Crippen LogP contribution in [0.2, 0.25) is 0 Å². The third-order valence-electron chi connectivity index (χ3n) is 2.05. The molecule has 0 heterocycles. The number of hydrogen-bond donors (Lipinski definition) is 4. The summed E-state index contributed by atoms with van der Waals surface area (Å²) in [6.07, 6.45) is 0.0670. The Morgan fingerprint density at radius 2 is 1.83 bits per heavy atom. The molecular formula is C10H19N3O5. The largest absolute Gasteiger partial charge is 0.481 e. The van der Waals surface area contributed by atoms with Gasteiger partial charge in [0.05, 0.1) is 6.42 Å². The number of carboxylic acid groups (broad SMARTS) is 2. The van der Waals surface area contributed by atoms with Crippen LogP contribution < -0.4 is 10.6 Å². The summed E-state index contributed by atoms with van der Waals surface area (Å²) in [5.41, 5.74) is 0. The normalized spacial score (nSPS) is 11.9. The van der Waals surface area contributed by atoms with Crippen molar-refractivity contribution in [2.24, 2.45) is 0 Å². The van der Waals surface area contributed by atoms with Crippen LogP contribution in [0, 0.1) is 0 Å². The lowest BCUT2D eigenvalue weighted by Crippen LogP contribution is -2.47. The molecule has 0 rings (SSSR count). The van der Waals surface area contributed by atoms with Crippen LogP contribution in [0.4, 0.5) is 4.79 Å². The van der Waals surface area contributed by atoms with E-state index in [1.54, 1.807) is 0 Å². The molecule has 104 valence electrons. The summed E-state index contributed by atoms with van der Waals surface area (Å²) in [5, 5.41) is 21.7. The van der Waals surface area contributed by atoms with Gasteiger partial charge in [0.1, 0.15) is 6.04 Å². The first-order valence-corrected chi connectivity index (χ1v) is 5.46. The number of aliphatic carboxylic acids is 2. The molecule has 0 aliphatic heterocycles. The maximum Gasteiger partial charge on any atom is 0.326 e. The van der Waals surface area contributed by atoms with Crippen molar-refractivity contribution in [3.63, 3.8) is 0 Å². The Morgan fingerprint density at radius 3 is 2.28 bits per heavy atom. The lowest BCUT2D eigenvalue weighted by Gasteiger charge is -2.14. The minimum atomic E-state index is -1.42. The van der Waals surface area contributed by atoms with Crippen LogP contribution in [0.3, 0.4) is 0 Å². The van der Waals surface area contributed by atoms with E-state index in [-0.39, 0.29) is 0 Å². The Labute approximate surface area is 105 Å². The SMILES string of the molecule is CN(C)CCCNC(=O)N[C@@H](CC(=O)O)C(=O)O. The lowest BCUT2D eigenvalue weighted by atomic mass is 10.2. The molecule has 18 heavy (non-hydrogen) atoms. The molecule has 0 saturated carbocycles. The first kappa shape index (κ1) is 16.2. The zero-order chi connectivity index (χ0) is 14.1. The van der Waals surface area contributed by atoms with Gasteiger partial charge in [0.15, 0.2) is 0 Å². The smallest absolute Gasteiger partial charge is 0.326 e. The van der Waals surface area contributed by atoms with Gasteiger partial charge >= 0.3 is 18.0 Å². The summed E-state index contributed by atoms with van der Waals surface area (Å²) < 4.78 is 0. The Hall–Kier alpha value is -1.83. The van der Waals surface area contributed by atoms with Crippen molar-refractivity contribution >= 4 is 18.0 Å². The molecular weight excluding hydrogens is 242 g/mol. The summed E-state index contributed by atoms with van der Waals surface area (Å²) in [7, 11) is 3.79. The third kappa shape index (κ3) is 8.34. The Bertz CT molecular complexity index is 306.